The van der Waals surface area contributed by atoms with Gasteiger partial charge in [0, 0.05) is 25.7 Å². The molecule has 1 unspecified atom stereocenters. The first-order valence-corrected chi connectivity index (χ1v) is 9.04. The third-order valence-corrected chi connectivity index (χ3v) is 4.98. The number of carbonyl (C=O) groups is 2. The van der Waals surface area contributed by atoms with Gasteiger partial charge in [0.1, 0.15) is 0 Å². The molecule has 0 saturated carbocycles. The number of nitrogens with zero attached hydrogens (tertiary/aromatic N) is 4. The van der Waals surface area contributed by atoms with Gasteiger partial charge in [-0.25, -0.2) is 4.79 Å². The molecule has 1 atom stereocenters. The quantitative estimate of drug-likeness (QED) is 0.408. The van der Waals surface area contributed by atoms with Crippen LogP contribution in [0.25, 0.3) is 0 Å². The van der Waals surface area contributed by atoms with E-state index >= 15 is 0 Å². The summed E-state index contributed by atoms with van der Waals surface area (Å²) in [6, 6.07) is 0.317. The van der Waals surface area contributed by atoms with Crippen LogP contribution in [0.2, 0.25) is 0 Å². The summed E-state index contributed by atoms with van der Waals surface area (Å²) in [5.41, 5.74) is 0. The second-order valence-electron chi connectivity index (χ2n) is 6.57. The molecular weight excluding hydrogens is 308 g/mol. The van der Waals surface area contributed by atoms with Crippen LogP contribution in [0.4, 0.5) is 4.79 Å². The number of amides is 3. The number of carbonyl (C=O) groups excluding carboxylic acids is 2. The van der Waals surface area contributed by atoms with E-state index in [0.717, 1.165) is 25.6 Å². The van der Waals surface area contributed by atoms with Crippen molar-refractivity contribution in [3.05, 3.63) is 0 Å². The zero-order chi connectivity index (χ0) is 16.9. The minimum absolute atomic E-state index is 0.103. The third-order valence-electron chi connectivity index (χ3n) is 4.98. The van der Waals surface area contributed by atoms with Gasteiger partial charge in [-0.1, -0.05) is 0 Å². The summed E-state index contributed by atoms with van der Waals surface area (Å²) in [6.07, 6.45) is 3.81. The average molecular weight is 336 g/mol. The summed E-state index contributed by atoms with van der Waals surface area (Å²) >= 11 is 0. The minimum Gasteiger partial charge on any atom is -0.357 e. The van der Waals surface area contributed by atoms with Crippen LogP contribution in [-0.2, 0) is 4.79 Å². The Morgan fingerprint density at radius 2 is 2.08 bits per heavy atom. The lowest BCUT2D eigenvalue weighted by Gasteiger charge is -2.25. The highest BCUT2D eigenvalue weighted by Gasteiger charge is 2.31. The van der Waals surface area contributed by atoms with Gasteiger partial charge in [-0.3, -0.25) is 19.6 Å². The Balaban J connectivity index is 1.53. The number of urea groups is 1. The van der Waals surface area contributed by atoms with Crippen LogP contribution in [0.3, 0.4) is 0 Å². The monoisotopic (exact) mass is 336 g/mol. The highest BCUT2D eigenvalue weighted by Crippen LogP contribution is 2.20. The average Bonchev–Trinajstić information content (AvgIpc) is 3.30. The fourth-order valence-electron chi connectivity index (χ4n) is 3.70. The summed E-state index contributed by atoms with van der Waals surface area (Å²) < 4.78 is 0. The van der Waals surface area contributed by atoms with Crippen molar-refractivity contribution in [2.24, 2.45) is 4.99 Å². The molecule has 8 nitrogen and oxygen atoms in total. The number of hydrogen-bond donors (Lipinski definition) is 2. The molecule has 0 aliphatic carbocycles. The van der Waals surface area contributed by atoms with E-state index in [9.17, 15) is 9.59 Å². The number of guanidine groups is 1. The molecule has 3 rings (SSSR count). The highest BCUT2D eigenvalue weighted by atomic mass is 16.2. The largest absolute Gasteiger partial charge is 0.357 e. The Labute approximate surface area is 143 Å². The van der Waals surface area contributed by atoms with Gasteiger partial charge in [-0.15, -0.1) is 0 Å². The minimum atomic E-state index is -0.310. The molecule has 0 radical (unpaired) electrons. The molecule has 0 aromatic heterocycles. The predicted molar refractivity (Wildman–Crippen MR) is 91.9 cm³/mol. The standard InChI is InChI=1S/C16H28N6O2/c1-2-17-15(18-6-10-22-14(23)11-19-16(22)24)21-9-5-13(12-21)20-7-3-4-8-20/h13H,2-12H2,1H3,(H,17,18)(H,19,24). The molecule has 2 N–H and O–H groups in total. The molecule has 3 heterocycles. The van der Waals surface area contributed by atoms with Crippen molar-refractivity contribution in [2.75, 3.05) is 52.4 Å². The van der Waals surface area contributed by atoms with Crippen molar-refractivity contribution in [3.8, 4) is 0 Å². The number of aliphatic imine (C=N–C) groups is 1. The molecule has 3 aliphatic heterocycles. The van der Waals surface area contributed by atoms with E-state index < -0.39 is 0 Å². The Morgan fingerprint density at radius 1 is 1.29 bits per heavy atom. The van der Waals surface area contributed by atoms with Gasteiger partial charge >= 0.3 is 6.03 Å². The lowest BCUT2D eigenvalue weighted by molar-refractivity contribution is -0.124. The maximum atomic E-state index is 11.6. The van der Waals surface area contributed by atoms with Gasteiger partial charge in [0.05, 0.1) is 19.6 Å². The molecular formula is C16H28N6O2. The first-order chi connectivity index (χ1) is 11.7. The van der Waals surface area contributed by atoms with Gasteiger partial charge in [-0.05, 0) is 39.3 Å². The summed E-state index contributed by atoms with van der Waals surface area (Å²) in [4.78, 5) is 33.9. The van der Waals surface area contributed by atoms with Crippen LogP contribution in [0.1, 0.15) is 26.2 Å². The van der Waals surface area contributed by atoms with Crippen molar-refractivity contribution in [1.82, 2.24) is 25.3 Å². The van der Waals surface area contributed by atoms with Crippen LogP contribution in [0.5, 0.6) is 0 Å². The number of rotatable bonds is 5. The zero-order valence-corrected chi connectivity index (χ0v) is 14.5. The lowest BCUT2D eigenvalue weighted by Crippen LogP contribution is -2.43. The third kappa shape index (κ3) is 3.80. The topological polar surface area (TPSA) is 80.3 Å². The Hall–Kier alpha value is -1.83. The van der Waals surface area contributed by atoms with Crippen LogP contribution >= 0.6 is 0 Å². The van der Waals surface area contributed by atoms with E-state index in [4.69, 9.17) is 0 Å². The van der Waals surface area contributed by atoms with Gasteiger partial charge < -0.3 is 15.5 Å². The molecule has 0 aromatic rings. The van der Waals surface area contributed by atoms with E-state index in [1.54, 1.807) is 0 Å². The first kappa shape index (κ1) is 17.0. The van der Waals surface area contributed by atoms with E-state index in [-0.39, 0.29) is 18.5 Å². The van der Waals surface area contributed by atoms with E-state index in [1.165, 1.54) is 37.3 Å². The van der Waals surface area contributed by atoms with Crippen LogP contribution in [0.15, 0.2) is 4.99 Å². The molecule has 0 spiro atoms. The zero-order valence-electron chi connectivity index (χ0n) is 14.5. The van der Waals surface area contributed by atoms with Crippen LogP contribution in [-0.4, -0.2) is 91.0 Å². The lowest BCUT2D eigenvalue weighted by atomic mass is 10.2. The molecule has 3 amide bonds. The molecule has 0 aromatic carbocycles. The highest BCUT2D eigenvalue weighted by molar-refractivity contribution is 6.01. The normalized spacial score (nSPS) is 25.7. The maximum absolute atomic E-state index is 11.6. The van der Waals surface area contributed by atoms with E-state index in [1.807, 2.05) is 0 Å². The summed E-state index contributed by atoms with van der Waals surface area (Å²) in [5, 5.41) is 5.87. The van der Waals surface area contributed by atoms with Crippen molar-refractivity contribution in [2.45, 2.75) is 32.2 Å². The van der Waals surface area contributed by atoms with Crippen molar-refractivity contribution in [3.63, 3.8) is 0 Å². The second-order valence-corrected chi connectivity index (χ2v) is 6.57. The fraction of sp³-hybridized carbons (Fsp3) is 0.812. The molecule has 0 bridgehead atoms. The SMILES string of the molecule is CCNC(=NCCN1C(=O)CNC1=O)N1CCC(N2CCCC2)C1. The molecule has 3 aliphatic rings. The number of hydrogen-bond acceptors (Lipinski definition) is 4. The molecule has 3 fully saturated rings. The first-order valence-electron chi connectivity index (χ1n) is 9.04. The van der Waals surface area contributed by atoms with Crippen LogP contribution < -0.4 is 10.6 Å². The molecule has 8 heteroatoms. The smallest absolute Gasteiger partial charge is 0.324 e. The molecule has 3 saturated heterocycles. The van der Waals surface area contributed by atoms with Crippen molar-refractivity contribution >= 4 is 17.9 Å². The van der Waals surface area contributed by atoms with Gasteiger partial charge in [0.25, 0.3) is 0 Å². The fourth-order valence-corrected chi connectivity index (χ4v) is 3.70. The Bertz CT molecular complexity index is 487. The van der Waals surface area contributed by atoms with Crippen molar-refractivity contribution in [1.29, 1.82) is 0 Å². The predicted octanol–water partition coefficient (Wildman–Crippen LogP) is -0.326. The summed E-state index contributed by atoms with van der Waals surface area (Å²) in [5.74, 6) is 0.724. The number of imide groups is 1. The molecule has 134 valence electrons. The van der Waals surface area contributed by atoms with E-state index in [2.05, 4.69) is 32.3 Å². The Morgan fingerprint density at radius 3 is 2.75 bits per heavy atom. The second kappa shape index (κ2) is 7.83. The summed E-state index contributed by atoms with van der Waals surface area (Å²) in [6.45, 7) is 8.21. The number of likely N-dealkylation sites (tertiary alicyclic amines) is 2. The molecule has 24 heavy (non-hydrogen) atoms. The van der Waals surface area contributed by atoms with Gasteiger partial charge in [0.2, 0.25) is 5.91 Å². The van der Waals surface area contributed by atoms with Crippen LogP contribution in [0, 0.1) is 0 Å². The summed E-state index contributed by atoms with van der Waals surface area (Å²) in [7, 11) is 0. The van der Waals surface area contributed by atoms with Crippen molar-refractivity contribution < 1.29 is 9.59 Å². The van der Waals surface area contributed by atoms with Gasteiger partial charge in [-0.2, -0.15) is 0 Å². The maximum Gasteiger partial charge on any atom is 0.324 e. The number of nitrogens with one attached hydrogen (secondary N) is 2. The van der Waals surface area contributed by atoms with Gasteiger partial charge in [0.15, 0.2) is 5.96 Å². The Kier molecular flexibility index (Phi) is 5.55. The van der Waals surface area contributed by atoms with E-state index in [0.29, 0.717) is 19.1 Å².